The highest BCUT2D eigenvalue weighted by molar-refractivity contribution is 7.14. The number of hydrogen-bond acceptors (Lipinski definition) is 7. The summed E-state index contributed by atoms with van der Waals surface area (Å²) in [6, 6.07) is 6.13. The molecule has 3 N–H and O–H groups in total. The zero-order chi connectivity index (χ0) is 20.7. The molecule has 0 fully saturated rings. The fourth-order valence-electron chi connectivity index (χ4n) is 2.15. The maximum Gasteiger partial charge on any atom is 0.338 e. The minimum atomic E-state index is -0.690. The molecule has 2 amide bonds. The van der Waals surface area contributed by atoms with Crippen LogP contribution in [0.25, 0.3) is 0 Å². The highest BCUT2D eigenvalue weighted by atomic mass is 32.1. The van der Waals surface area contributed by atoms with E-state index in [1.54, 1.807) is 11.4 Å². The van der Waals surface area contributed by atoms with E-state index in [1.165, 1.54) is 25.3 Å². The molecule has 0 spiro atoms. The zero-order valence-electron chi connectivity index (χ0n) is 15.8. The molecule has 0 atom stereocenters. The molecule has 9 heteroatoms. The second-order valence-corrected chi connectivity index (χ2v) is 7.14. The second kappa shape index (κ2) is 9.75. The molecule has 2 aromatic rings. The second-order valence-electron chi connectivity index (χ2n) is 6.22. The predicted molar refractivity (Wildman–Crippen MR) is 105 cm³/mol. The van der Waals surface area contributed by atoms with Crippen molar-refractivity contribution in [3.63, 3.8) is 0 Å². The van der Waals surface area contributed by atoms with Crippen LogP contribution in [0, 0.1) is 5.92 Å². The average molecular weight is 406 g/mol. The maximum absolute atomic E-state index is 12.2. The molecule has 0 unspecified atom stereocenters. The summed E-state index contributed by atoms with van der Waals surface area (Å²) in [6.45, 7) is 4.04. The van der Waals surface area contributed by atoms with Crippen LogP contribution in [0.5, 0.6) is 11.5 Å². The summed E-state index contributed by atoms with van der Waals surface area (Å²) in [7, 11) is 1.47. The maximum atomic E-state index is 12.2. The van der Waals surface area contributed by atoms with Crippen LogP contribution in [-0.2, 0) is 9.53 Å². The number of carbonyl (C=O) groups excluding carboxylic acids is 3. The molecule has 1 heterocycles. The Kier molecular flexibility index (Phi) is 7.39. The van der Waals surface area contributed by atoms with Crippen LogP contribution in [0.2, 0.25) is 0 Å². The molecule has 0 aliphatic carbocycles. The predicted octanol–water partition coefficient (Wildman–Crippen LogP) is 2.69. The van der Waals surface area contributed by atoms with Gasteiger partial charge >= 0.3 is 5.97 Å². The summed E-state index contributed by atoms with van der Waals surface area (Å²) in [5.41, 5.74) is 5.64. The number of ether oxygens (including phenoxy) is 3. The van der Waals surface area contributed by atoms with Gasteiger partial charge in [0.05, 0.1) is 24.8 Å². The van der Waals surface area contributed by atoms with E-state index in [4.69, 9.17) is 19.9 Å². The smallest absolute Gasteiger partial charge is 0.338 e. The molecule has 150 valence electrons. The van der Waals surface area contributed by atoms with E-state index in [-0.39, 0.29) is 11.1 Å². The van der Waals surface area contributed by atoms with Crippen LogP contribution in [0.15, 0.2) is 29.6 Å². The van der Waals surface area contributed by atoms with Crippen molar-refractivity contribution in [2.75, 3.05) is 25.6 Å². The molecular weight excluding hydrogens is 384 g/mol. The van der Waals surface area contributed by atoms with E-state index in [0.717, 1.165) is 11.3 Å². The zero-order valence-corrected chi connectivity index (χ0v) is 16.6. The van der Waals surface area contributed by atoms with E-state index in [1.807, 2.05) is 13.8 Å². The highest BCUT2D eigenvalue weighted by Gasteiger charge is 2.16. The number of amides is 2. The Hall–Kier alpha value is -3.07. The number of carbonyl (C=O) groups is 3. The summed E-state index contributed by atoms with van der Waals surface area (Å²) in [4.78, 5) is 35.4. The van der Waals surface area contributed by atoms with E-state index in [2.05, 4.69) is 5.32 Å². The molecular formula is C19H22N2O6S. The Morgan fingerprint density at radius 2 is 1.93 bits per heavy atom. The first-order chi connectivity index (χ1) is 13.3. The van der Waals surface area contributed by atoms with Gasteiger partial charge in [0.25, 0.3) is 11.8 Å². The van der Waals surface area contributed by atoms with Gasteiger partial charge in [-0.3, -0.25) is 9.59 Å². The number of esters is 1. The van der Waals surface area contributed by atoms with Gasteiger partial charge in [-0.2, -0.15) is 0 Å². The van der Waals surface area contributed by atoms with Crippen molar-refractivity contribution in [3.05, 3.63) is 40.8 Å². The van der Waals surface area contributed by atoms with E-state index in [9.17, 15) is 14.4 Å². The number of hydrogen-bond donors (Lipinski definition) is 2. The van der Waals surface area contributed by atoms with Gasteiger partial charge in [0, 0.05) is 0 Å². The number of nitrogens with one attached hydrogen (secondary N) is 1. The van der Waals surface area contributed by atoms with Crippen LogP contribution >= 0.6 is 11.3 Å². The number of methoxy groups -OCH3 is 1. The Balaban J connectivity index is 1.95. The first-order valence-electron chi connectivity index (χ1n) is 8.47. The normalized spacial score (nSPS) is 10.4. The van der Waals surface area contributed by atoms with Crippen LogP contribution in [0.4, 0.5) is 5.00 Å². The average Bonchev–Trinajstić information content (AvgIpc) is 3.12. The Labute approximate surface area is 166 Å². The van der Waals surface area contributed by atoms with Crippen molar-refractivity contribution in [2.45, 2.75) is 13.8 Å². The lowest BCUT2D eigenvalue weighted by molar-refractivity contribution is -0.119. The van der Waals surface area contributed by atoms with Gasteiger partial charge in [0.1, 0.15) is 5.00 Å². The highest BCUT2D eigenvalue weighted by Crippen LogP contribution is 2.29. The SMILES string of the molecule is COc1cc(C(=O)OCC(=O)Nc2sccc2C(N)=O)ccc1OCC(C)C. The third-order valence-electron chi connectivity index (χ3n) is 3.49. The lowest BCUT2D eigenvalue weighted by atomic mass is 10.2. The van der Waals surface area contributed by atoms with Crippen LogP contribution < -0.4 is 20.5 Å². The van der Waals surface area contributed by atoms with Gasteiger partial charge in [0.2, 0.25) is 0 Å². The molecule has 0 saturated carbocycles. The number of nitrogens with two attached hydrogens (primary N) is 1. The standard InChI is InChI=1S/C19H22N2O6S/c1-11(2)9-26-14-5-4-12(8-15(14)25-3)19(24)27-10-16(22)21-18-13(17(20)23)6-7-28-18/h4-8,11H,9-10H2,1-3H3,(H2,20,23)(H,21,22). The van der Waals surface area contributed by atoms with Gasteiger partial charge in [-0.25, -0.2) is 4.79 Å². The molecule has 1 aromatic carbocycles. The molecule has 2 rings (SSSR count). The summed E-state index contributed by atoms with van der Waals surface area (Å²) >= 11 is 1.15. The third kappa shape index (κ3) is 5.71. The summed E-state index contributed by atoms with van der Waals surface area (Å²) in [5, 5.41) is 4.42. The van der Waals surface area contributed by atoms with E-state index in [0.29, 0.717) is 29.0 Å². The van der Waals surface area contributed by atoms with Crippen LogP contribution in [0.1, 0.15) is 34.6 Å². The Morgan fingerprint density at radius 3 is 2.57 bits per heavy atom. The van der Waals surface area contributed by atoms with Crippen LogP contribution in [0.3, 0.4) is 0 Å². The topological polar surface area (TPSA) is 117 Å². The van der Waals surface area contributed by atoms with E-state index >= 15 is 0 Å². The molecule has 0 aliphatic rings. The summed E-state index contributed by atoms with van der Waals surface area (Å²) < 4.78 is 15.9. The first kappa shape index (κ1) is 21.2. The number of primary amides is 1. The minimum absolute atomic E-state index is 0.200. The van der Waals surface area contributed by atoms with E-state index < -0.39 is 24.4 Å². The summed E-state index contributed by atoms with van der Waals surface area (Å²) in [6.07, 6.45) is 0. The molecule has 0 radical (unpaired) electrons. The van der Waals surface area contributed by atoms with Crippen molar-refractivity contribution >= 4 is 34.1 Å². The summed E-state index contributed by atoms with van der Waals surface area (Å²) in [5.74, 6) is -0.676. The van der Waals surface area contributed by atoms with Crippen molar-refractivity contribution < 1.29 is 28.6 Å². The van der Waals surface area contributed by atoms with Gasteiger partial charge in [-0.15, -0.1) is 11.3 Å². The number of anilines is 1. The largest absolute Gasteiger partial charge is 0.493 e. The lowest BCUT2D eigenvalue weighted by Crippen LogP contribution is -2.22. The Morgan fingerprint density at radius 1 is 1.18 bits per heavy atom. The fourth-order valence-corrected chi connectivity index (χ4v) is 2.96. The molecule has 8 nitrogen and oxygen atoms in total. The van der Waals surface area contributed by atoms with Gasteiger partial charge < -0.3 is 25.3 Å². The van der Waals surface area contributed by atoms with Crippen LogP contribution in [-0.4, -0.2) is 38.1 Å². The monoisotopic (exact) mass is 406 g/mol. The number of thiophene rings is 1. The van der Waals surface area contributed by atoms with Gasteiger partial charge in [-0.1, -0.05) is 13.8 Å². The Bertz CT molecular complexity index is 862. The molecule has 28 heavy (non-hydrogen) atoms. The van der Waals surface area contributed by atoms with Crippen molar-refractivity contribution in [3.8, 4) is 11.5 Å². The number of rotatable bonds is 9. The van der Waals surface area contributed by atoms with Gasteiger partial charge in [-0.05, 0) is 35.6 Å². The molecule has 0 saturated heterocycles. The van der Waals surface area contributed by atoms with Crippen molar-refractivity contribution in [1.82, 2.24) is 0 Å². The molecule has 0 bridgehead atoms. The molecule has 0 aliphatic heterocycles. The molecule has 1 aromatic heterocycles. The minimum Gasteiger partial charge on any atom is -0.493 e. The number of benzene rings is 1. The third-order valence-corrected chi connectivity index (χ3v) is 4.32. The fraction of sp³-hybridized carbons (Fsp3) is 0.316. The van der Waals surface area contributed by atoms with Gasteiger partial charge in [0.15, 0.2) is 18.1 Å². The van der Waals surface area contributed by atoms with Crippen molar-refractivity contribution in [2.24, 2.45) is 11.7 Å². The van der Waals surface area contributed by atoms with Crippen molar-refractivity contribution in [1.29, 1.82) is 0 Å². The lowest BCUT2D eigenvalue weighted by Gasteiger charge is -2.13. The quantitative estimate of drug-likeness (QED) is 0.619. The first-order valence-corrected chi connectivity index (χ1v) is 9.35.